The van der Waals surface area contributed by atoms with E-state index in [-0.39, 0.29) is 11.5 Å². The number of benzene rings is 2. The summed E-state index contributed by atoms with van der Waals surface area (Å²) in [4.78, 5) is 4.35. The average Bonchev–Trinajstić information content (AvgIpc) is 2.77. The van der Waals surface area contributed by atoms with Crippen molar-refractivity contribution in [1.29, 1.82) is 0 Å². The van der Waals surface area contributed by atoms with Crippen LogP contribution in [-0.2, 0) is 4.84 Å². The number of halogens is 3. The molecule has 2 aromatic carbocycles. The van der Waals surface area contributed by atoms with Gasteiger partial charge in [-0.15, -0.1) is 0 Å². The normalized spacial score (nSPS) is 13.1. The Balaban J connectivity index is 1.89. The highest BCUT2D eigenvalue weighted by molar-refractivity contribution is 6.04. The van der Waals surface area contributed by atoms with Gasteiger partial charge in [-0.3, -0.25) is 0 Å². The molecule has 5 nitrogen and oxygen atoms in total. The van der Waals surface area contributed by atoms with Crippen LogP contribution in [0.3, 0.4) is 0 Å². The van der Waals surface area contributed by atoms with Crippen molar-refractivity contribution in [2.24, 2.45) is 11.1 Å². The van der Waals surface area contributed by atoms with Crippen molar-refractivity contribution >= 4 is 5.71 Å². The van der Waals surface area contributed by atoms with Gasteiger partial charge in [-0.1, -0.05) is 36.4 Å². The van der Waals surface area contributed by atoms with E-state index in [1.54, 1.807) is 6.07 Å². The third-order valence-corrected chi connectivity index (χ3v) is 4.97. The fourth-order valence-electron chi connectivity index (χ4n) is 3.24. The summed E-state index contributed by atoms with van der Waals surface area (Å²) in [5, 5.41) is 3.12. The van der Waals surface area contributed by atoms with Crippen LogP contribution < -0.4 is 14.2 Å². The molecule has 186 valence electrons. The molecule has 0 aliphatic heterocycles. The van der Waals surface area contributed by atoms with Crippen molar-refractivity contribution in [2.75, 3.05) is 26.9 Å². The molecule has 0 saturated carbocycles. The maximum Gasteiger partial charge on any atom is 0.437 e. The van der Waals surface area contributed by atoms with Crippen LogP contribution in [0, 0.1) is 19.8 Å². The summed E-state index contributed by atoms with van der Waals surface area (Å²) in [5.41, 5.74) is 0.765. The predicted molar refractivity (Wildman–Crippen MR) is 127 cm³/mol. The van der Waals surface area contributed by atoms with E-state index in [0.717, 1.165) is 36.2 Å². The Kier molecular flexibility index (Phi) is 10.3. The van der Waals surface area contributed by atoms with E-state index < -0.39 is 11.9 Å². The van der Waals surface area contributed by atoms with Crippen LogP contribution in [0.4, 0.5) is 13.2 Å². The minimum atomic E-state index is -4.63. The van der Waals surface area contributed by atoms with Crippen molar-refractivity contribution in [3.8, 4) is 17.2 Å². The first-order chi connectivity index (χ1) is 16.2. The van der Waals surface area contributed by atoms with Gasteiger partial charge in [0.2, 0.25) is 0 Å². The summed E-state index contributed by atoms with van der Waals surface area (Å²) in [6.07, 6.45) is -0.0328. The maximum atomic E-state index is 13.2. The van der Waals surface area contributed by atoms with Gasteiger partial charge in [-0.2, -0.15) is 13.2 Å². The molecule has 2 aromatic rings. The number of hydrogen-bond acceptors (Lipinski definition) is 5. The number of rotatable bonds is 12. The quantitative estimate of drug-likeness (QED) is 0.194. The van der Waals surface area contributed by atoms with Crippen LogP contribution >= 0.6 is 0 Å². The molecule has 1 unspecified atom stereocenters. The van der Waals surface area contributed by atoms with Gasteiger partial charge in [0.1, 0.15) is 31.0 Å². The van der Waals surface area contributed by atoms with Crippen LogP contribution in [-0.4, -0.2) is 38.8 Å². The van der Waals surface area contributed by atoms with E-state index in [1.807, 2.05) is 52.0 Å². The topological polar surface area (TPSA) is 49.3 Å². The Labute approximate surface area is 199 Å². The van der Waals surface area contributed by atoms with Gasteiger partial charge in [0.15, 0.2) is 5.71 Å². The number of allylic oxidation sites excluding steroid dienone is 1. The van der Waals surface area contributed by atoms with Crippen molar-refractivity contribution in [2.45, 2.75) is 40.3 Å². The minimum Gasteiger partial charge on any atom is -0.493 e. The molecule has 0 amide bonds. The zero-order chi connectivity index (χ0) is 25.1. The van der Waals surface area contributed by atoms with Gasteiger partial charge in [0.25, 0.3) is 0 Å². The number of aryl methyl sites for hydroxylation is 2. The third-order valence-electron chi connectivity index (χ3n) is 4.97. The van der Waals surface area contributed by atoms with Crippen molar-refractivity contribution in [3.05, 3.63) is 65.2 Å². The predicted octanol–water partition coefficient (Wildman–Crippen LogP) is 6.66. The summed E-state index contributed by atoms with van der Waals surface area (Å²) >= 11 is 0. The smallest absolute Gasteiger partial charge is 0.437 e. The standard InChI is InChI=1S/C26H32F3NO4/c1-6-7-12-32-23-14-19(3)24(20(4)15-23)33-13-11-18(2)17-34-22-10-8-9-21(16-22)25(30-31-5)26(27,28)29/h6-10,14-16,18H,11-13,17H2,1-5H3/b7-6+,30-25-. The third kappa shape index (κ3) is 8.32. The van der Waals surface area contributed by atoms with Gasteiger partial charge in [-0.05, 0) is 68.5 Å². The average molecular weight is 480 g/mol. The molecule has 0 spiro atoms. The van der Waals surface area contributed by atoms with Gasteiger partial charge in [0, 0.05) is 5.56 Å². The second-order valence-corrected chi connectivity index (χ2v) is 7.97. The summed E-state index contributed by atoms with van der Waals surface area (Å²) in [6.45, 7) is 9.25. The van der Waals surface area contributed by atoms with Crippen LogP contribution in [0.25, 0.3) is 0 Å². The van der Waals surface area contributed by atoms with E-state index in [4.69, 9.17) is 14.2 Å². The Hall–Kier alpha value is -3.16. The molecule has 0 aliphatic carbocycles. The Bertz CT molecular complexity index is 963. The molecular weight excluding hydrogens is 447 g/mol. The lowest BCUT2D eigenvalue weighted by Crippen LogP contribution is -2.24. The Morgan fingerprint density at radius 1 is 1.03 bits per heavy atom. The van der Waals surface area contributed by atoms with E-state index in [9.17, 15) is 13.2 Å². The number of hydrogen-bond donors (Lipinski definition) is 0. The van der Waals surface area contributed by atoms with Crippen LogP contribution in [0.15, 0.2) is 53.7 Å². The van der Waals surface area contributed by atoms with Crippen molar-refractivity contribution in [3.63, 3.8) is 0 Å². The van der Waals surface area contributed by atoms with Crippen molar-refractivity contribution < 1.29 is 32.2 Å². The first kappa shape index (κ1) is 27.1. The Morgan fingerprint density at radius 2 is 1.74 bits per heavy atom. The van der Waals surface area contributed by atoms with E-state index in [2.05, 4.69) is 9.99 Å². The summed E-state index contributed by atoms with van der Waals surface area (Å²) < 4.78 is 57.0. The molecule has 0 fully saturated rings. The summed E-state index contributed by atoms with van der Waals surface area (Å²) in [7, 11) is 1.08. The largest absolute Gasteiger partial charge is 0.493 e. The summed E-state index contributed by atoms with van der Waals surface area (Å²) in [5.74, 6) is 2.09. The zero-order valence-electron chi connectivity index (χ0n) is 20.2. The van der Waals surface area contributed by atoms with Crippen LogP contribution in [0.2, 0.25) is 0 Å². The van der Waals surface area contributed by atoms with E-state index in [1.165, 1.54) is 18.2 Å². The van der Waals surface area contributed by atoms with Crippen LogP contribution in [0.1, 0.15) is 37.0 Å². The lowest BCUT2D eigenvalue weighted by Gasteiger charge is -2.17. The second kappa shape index (κ2) is 12.9. The van der Waals surface area contributed by atoms with E-state index in [0.29, 0.717) is 25.6 Å². The van der Waals surface area contributed by atoms with Crippen LogP contribution in [0.5, 0.6) is 17.2 Å². The SMILES string of the molecule is C/C=C/COc1cc(C)c(OCCC(C)COc2cccc(/C(=N/OC)C(F)(F)F)c2)c(C)c1. The van der Waals surface area contributed by atoms with Crippen molar-refractivity contribution in [1.82, 2.24) is 0 Å². The first-order valence-corrected chi connectivity index (χ1v) is 11.0. The lowest BCUT2D eigenvalue weighted by atomic mass is 10.1. The summed E-state index contributed by atoms with van der Waals surface area (Å²) in [6, 6.07) is 9.63. The molecule has 0 aromatic heterocycles. The molecule has 0 bridgehead atoms. The molecular formula is C26H32F3NO4. The van der Waals surface area contributed by atoms with Gasteiger partial charge in [-0.25, -0.2) is 0 Å². The molecule has 0 N–H and O–H groups in total. The molecule has 2 rings (SSSR count). The maximum absolute atomic E-state index is 13.2. The molecule has 0 heterocycles. The minimum absolute atomic E-state index is 0.119. The number of nitrogens with zero attached hydrogens (tertiary/aromatic N) is 1. The van der Waals surface area contributed by atoms with Gasteiger partial charge in [0.05, 0.1) is 13.2 Å². The molecule has 0 saturated heterocycles. The molecule has 0 aliphatic rings. The molecule has 0 radical (unpaired) electrons. The lowest BCUT2D eigenvalue weighted by molar-refractivity contribution is -0.0608. The van der Waals surface area contributed by atoms with E-state index >= 15 is 0 Å². The van der Waals surface area contributed by atoms with Gasteiger partial charge < -0.3 is 19.0 Å². The first-order valence-electron chi connectivity index (χ1n) is 11.0. The molecule has 8 heteroatoms. The highest BCUT2D eigenvalue weighted by Gasteiger charge is 2.38. The number of oxime groups is 1. The highest BCUT2D eigenvalue weighted by Crippen LogP contribution is 2.29. The molecule has 1 atom stereocenters. The number of alkyl halides is 3. The zero-order valence-corrected chi connectivity index (χ0v) is 20.2. The highest BCUT2D eigenvalue weighted by atomic mass is 19.4. The monoisotopic (exact) mass is 479 g/mol. The van der Waals surface area contributed by atoms with Gasteiger partial charge >= 0.3 is 6.18 Å². The fraction of sp³-hybridized carbons (Fsp3) is 0.423. The fourth-order valence-corrected chi connectivity index (χ4v) is 3.24. The Morgan fingerprint density at radius 3 is 2.35 bits per heavy atom. The second-order valence-electron chi connectivity index (χ2n) is 7.97. The molecule has 34 heavy (non-hydrogen) atoms. The number of ether oxygens (including phenoxy) is 3.